The van der Waals surface area contributed by atoms with Gasteiger partial charge in [-0.3, -0.25) is 9.71 Å². The Morgan fingerprint density at radius 1 is 1.20 bits per heavy atom. The summed E-state index contributed by atoms with van der Waals surface area (Å²) in [5.41, 5.74) is 1.18. The van der Waals surface area contributed by atoms with Crippen LogP contribution in [0.25, 0.3) is 0 Å². The van der Waals surface area contributed by atoms with Gasteiger partial charge in [0.15, 0.2) is 0 Å². The molecule has 0 aliphatic heterocycles. The summed E-state index contributed by atoms with van der Waals surface area (Å²) in [5.74, 6) is 0.395. The smallest absolute Gasteiger partial charge is 0.264 e. The van der Waals surface area contributed by atoms with Crippen LogP contribution in [0.5, 0.6) is 0 Å². The van der Waals surface area contributed by atoms with E-state index in [0.717, 1.165) is 5.69 Å². The second kappa shape index (κ2) is 5.83. The summed E-state index contributed by atoms with van der Waals surface area (Å²) in [4.78, 5) is 11.9. The first-order valence-corrected chi connectivity index (χ1v) is 7.51. The summed E-state index contributed by atoms with van der Waals surface area (Å²) in [6, 6.07) is 3.23. The highest BCUT2D eigenvalue weighted by Gasteiger charge is 2.15. The van der Waals surface area contributed by atoms with Crippen LogP contribution in [-0.2, 0) is 10.0 Å². The molecule has 2 heterocycles. The Morgan fingerprint density at radius 3 is 2.50 bits per heavy atom. The number of pyridine rings is 1. The molecule has 0 aliphatic carbocycles. The average molecular weight is 293 g/mol. The molecule has 8 heteroatoms. The molecule has 2 N–H and O–H groups in total. The quantitative estimate of drug-likeness (QED) is 0.865. The molecule has 0 aromatic carbocycles. The van der Waals surface area contributed by atoms with Crippen molar-refractivity contribution >= 4 is 21.7 Å². The van der Waals surface area contributed by atoms with Crippen LogP contribution >= 0.6 is 0 Å². The van der Waals surface area contributed by atoms with Crippen molar-refractivity contribution in [2.24, 2.45) is 0 Å². The lowest BCUT2D eigenvalue weighted by Crippen LogP contribution is -2.14. The van der Waals surface area contributed by atoms with Gasteiger partial charge in [0.1, 0.15) is 4.90 Å². The van der Waals surface area contributed by atoms with E-state index < -0.39 is 10.0 Å². The molecule has 20 heavy (non-hydrogen) atoms. The van der Waals surface area contributed by atoms with Gasteiger partial charge in [0, 0.05) is 18.4 Å². The van der Waals surface area contributed by atoms with Crippen molar-refractivity contribution in [1.29, 1.82) is 0 Å². The van der Waals surface area contributed by atoms with Gasteiger partial charge in [-0.1, -0.05) is 0 Å². The third-order valence-electron chi connectivity index (χ3n) is 2.42. The minimum Gasteiger partial charge on any atom is -0.355 e. The number of rotatable bonds is 5. The van der Waals surface area contributed by atoms with E-state index in [9.17, 15) is 8.42 Å². The molecule has 0 spiro atoms. The van der Waals surface area contributed by atoms with Crippen LogP contribution in [0.2, 0.25) is 0 Å². The normalized spacial score (nSPS) is 11.1. The van der Waals surface area contributed by atoms with Crippen LogP contribution in [-0.4, -0.2) is 29.9 Å². The number of aryl methyl sites for hydroxylation is 1. The van der Waals surface area contributed by atoms with E-state index >= 15 is 0 Å². The number of hydrogen-bond acceptors (Lipinski definition) is 6. The molecule has 0 saturated carbocycles. The first-order chi connectivity index (χ1) is 9.51. The Hall–Kier alpha value is -2.22. The van der Waals surface area contributed by atoms with E-state index in [-0.39, 0.29) is 4.90 Å². The lowest BCUT2D eigenvalue weighted by Gasteiger charge is -2.08. The maximum absolute atomic E-state index is 12.2. The summed E-state index contributed by atoms with van der Waals surface area (Å²) in [7, 11) is -3.69. The van der Waals surface area contributed by atoms with Crippen LogP contribution in [0.3, 0.4) is 0 Å². The number of sulfonamides is 1. The maximum atomic E-state index is 12.2. The van der Waals surface area contributed by atoms with Crippen molar-refractivity contribution in [1.82, 2.24) is 15.0 Å². The van der Waals surface area contributed by atoms with Crippen molar-refractivity contribution in [2.75, 3.05) is 16.6 Å². The molecule has 0 saturated heterocycles. The topological polar surface area (TPSA) is 96.9 Å². The molecule has 7 nitrogen and oxygen atoms in total. The summed E-state index contributed by atoms with van der Waals surface area (Å²) >= 11 is 0. The third-order valence-corrected chi connectivity index (χ3v) is 3.76. The van der Waals surface area contributed by atoms with E-state index in [1.165, 1.54) is 18.6 Å². The van der Waals surface area contributed by atoms with Gasteiger partial charge in [-0.05, 0) is 26.0 Å². The molecule has 0 aliphatic rings. The standard InChI is InChI=1S/C12H15N5O2S/c1-3-13-12-15-7-11(8-16-12)20(18,19)17-10-4-5-14-9(2)6-10/h4-8H,3H2,1-2H3,(H,14,17)(H,13,15,16). The van der Waals surface area contributed by atoms with Gasteiger partial charge in [-0.25, -0.2) is 18.4 Å². The summed E-state index contributed by atoms with van der Waals surface area (Å²) in [5, 5.41) is 2.90. The van der Waals surface area contributed by atoms with E-state index in [1.807, 2.05) is 6.92 Å². The van der Waals surface area contributed by atoms with Crippen LogP contribution in [0.15, 0.2) is 35.6 Å². The zero-order chi connectivity index (χ0) is 14.6. The highest BCUT2D eigenvalue weighted by atomic mass is 32.2. The lowest BCUT2D eigenvalue weighted by atomic mass is 10.3. The highest BCUT2D eigenvalue weighted by molar-refractivity contribution is 7.92. The Kier molecular flexibility index (Phi) is 4.14. The fraction of sp³-hybridized carbons (Fsp3) is 0.250. The summed E-state index contributed by atoms with van der Waals surface area (Å²) < 4.78 is 26.8. The van der Waals surface area contributed by atoms with Crippen molar-refractivity contribution in [3.8, 4) is 0 Å². The van der Waals surface area contributed by atoms with E-state index in [0.29, 0.717) is 18.2 Å². The zero-order valence-corrected chi connectivity index (χ0v) is 12.0. The predicted molar refractivity (Wildman–Crippen MR) is 76.0 cm³/mol. The molecule has 0 bridgehead atoms. The van der Waals surface area contributed by atoms with Gasteiger partial charge in [0.05, 0.1) is 18.1 Å². The molecule has 2 aromatic heterocycles. The van der Waals surface area contributed by atoms with Crippen molar-refractivity contribution in [3.05, 3.63) is 36.4 Å². The highest BCUT2D eigenvalue weighted by Crippen LogP contribution is 2.15. The van der Waals surface area contributed by atoms with E-state index in [1.54, 1.807) is 19.1 Å². The van der Waals surface area contributed by atoms with Crippen LogP contribution < -0.4 is 10.0 Å². The predicted octanol–water partition coefficient (Wildman–Crippen LogP) is 1.41. The van der Waals surface area contributed by atoms with Gasteiger partial charge < -0.3 is 5.32 Å². The minimum atomic E-state index is -3.69. The summed E-state index contributed by atoms with van der Waals surface area (Å²) in [6.45, 7) is 4.36. The second-order valence-corrected chi connectivity index (χ2v) is 5.75. The second-order valence-electron chi connectivity index (χ2n) is 4.06. The van der Waals surface area contributed by atoms with Crippen molar-refractivity contribution < 1.29 is 8.42 Å². The van der Waals surface area contributed by atoms with Gasteiger partial charge in [0.2, 0.25) is 5.95 Å². The Labute approximate surface area is 117 Å². The molecular weight excluding hydrogens is 278 g/mol. The lowest BCUT2D eigenvalue weighted by molar-refractivity contribution is 0.600. The Morgan fingerprint density at radius 2 is 1.90 bits per heavy atom. The average Bonchev–Trinajstić information content (AvgIpc) is 2.39. The van der Waals surface area contributed by atoms with Gasteiger partial charge >= 0.3 is 0 Å². The van der Waals surface area contributed by atoms with Gasteiger partial charge in [-0.2, -0.15) is 0 Å². The maximum Gasteiger partial charge on any atom is 0.264 e. The van der Waals surface area contributed by atoms with Crippen LogP contribution in [0, 0.1) is 6.92 Å². The molecular formula is C12H15N5O2S. The molecule has 0 amide bonds. The number of nitrogens with one attached hydrogen (secondary N) is 2. The molecule has 0 atom stereocenters. The Bertz CT molecular complexity index is 685. The SMILES string of the molecule is CCNc1ncc(S(=O)(=O)Nc2ccnc(C)c2)cn1. The fourth-order valence-corrected chi connectivity index (χ4v) is 2.47. The van der Waals surface area contributed by atoms with Crippen LogP contribution in [0.1, 0.15) is 12.6 Å². The molecule has 0 radical (unpaired) electrons. The Balaban J connectivity index is 2.21. The van der Waals surface area contributed by atoms with Gasteiger partial charge in [-0.15, -0.1) is 0 Å². The summed E-state index contributed by atoms with van der Waals surface area (Å²) in [6.07, 6.45) is 4.07. The molecule has 0 unspecified atom stereocenters. The van der Waals surface area contributed by atoms with E-state index in [4.69, 9.17) is 0 Å². The van der Waals surface area contributed by atoms with Crippen LogP contribution in [0.4, 0.5) is 11.6 Å². The van der Waals surface area contributed by atoms with Gasteiger partial charge in [0.25, 0.3) is 10.0 Å². The van der Waals surface area contributed by atoms with Crippen molar-refractivity contribution in [3.63, 3.8) is 0 Å². The monoisotopic (exact) mass is 293 g/mol. The third kappa shape index (κ3) is 3.41. The molecule has 0 fully saturated rings. The van der Waals surface area contributed by atoms with Crippen molar-refractivity contribution in [2.45, 2.75) is 18.7 Å². The first-order valence-electron chi connectivity index (χ1n) is 6.02. The minimum absolute atomic E-state index is 0.00798. The largest absolute Gasteiger partial charge is 0.355 e. The first kappa shape index (κ1) is 14.2. The number of hydrogen-bond donors (Lipinski definition) is 2. The number of anilines is 2. The molecule has 2 rings (SSSR count). The number of nitrogens with zero attached hydrogens (tertiary/aromatic N) is 3. The number of aromatic nitrogens is 3. The fourth-order valence-electron chi connectivity index (χ4n) is 1.53. The molecule has 106 valence electrons. The molecule has 2 aromatic rings. The zero-order valence-electron chi connectivity index (χ0n) is 11.2. The van der Waals surface area contributed by atoms with E-state index in [2.05, 4.69) is 25.0 Å².